The van der Waals surface area contributed by atoms with Crippen molar-refractivity contribution in [2.45, 2.75) is 31.0 Å². The highest BCUT2D eigenvalue weighted by Crippen LogP contribution is 2.45. The van der Waals surface area contributed by atoms with Gasteiger partial charge in [0.1, 0.15) is 5.75 Å². The molecule has 0 radical (unpaired) electrons. The van der Waals surface area contributed by atoms with Crippen LogP contribution in [0, 0.1) is 23.5 Å². The minimum Gasteiger partial charge on any atom is -0.508 e. The first-order valence-corrected chi connectivity index (χ1v) is 9.67. The second kappa shape index (κ2) is 7.43. The molecule has 6 heteroatoms. The fourth-order valence-electron chi connectivity index (χ4n) is 4.93. The lowest BCUT2D eigenvalue weighted by molar-refractivity contribution is 0.0327. The molecule has 1 saturated carbocycles. The highest BCUT2D eigenvalue weighted by Gasteiger charge is 2.48. The van der Waals surface area contributed by atoms with Gasteiger partial charge in [0.05, 0.1) is 11.7 Å². The number of aromatic hydroxyl groups is 1. The monoisotopic (exact) mass is 389 g/mol. The van der Waals surface area contributed by atoms with Crippen molar-refractivity contribution in [2.75, 3.05) is 19.6 Å². The molecule has 28 heavy (non-hydrogen) atoms. The number of hydrogen-bond donors (Lipinski definition) is 3. The third-order valence-electron chi connectivity index (χ3n) is 6.16. The predicted molar refractivity (Wildman–Crippen MR) is 101 cm³/mol. The number of nitrogens with zero attached hydrogens (tertiary/aromatic N) is 1. The van der Waals surface area contributed by atoms with Crippen LogP contribution in [-0.2, 0) is 6.42 Å². The zero-order valence-corrected chi connectivity index (χ0v) is 15.6. The molecule has 1 aliphatic heterocycles. The average Bonchev–Trinajstić information content (AvgIpc) is 3.12. The van der Waals surface area contributed by atoms with Crippen molar-refractivity contribution in [1.29, 1.82) is 0 Å². The Balaban J connectivity index is 1.33. The summed E-state index contributed by atoms with van der Waals surface area (Å²) < 4.78 is 26.6. The number of halogens is 2. The van der Waals surface area contributed by atoms with E-state index in [0.717, 1.165) is 24.7 Å². The predicted octanol–water partition coefficient (Wildman–Crippen LogP) is 3.02. The third-order valence-corrected chi connectivity index (χ3v) is 6.16. The van der Waals surface area contributed by atoms with Gasteiger partial charge < -0.3 is 15.3 Å². The maximum atomic E-state index is 13.4. The van der Waals surface area contributed by atoms with E-state index in [0.29, 0.717) is 43.2 Å². The molecule has 1 saturated heterocycles. The number of benzene rings is 2. The second-order valence-electron chi connectivity index (χ2n) is 8.40. The summed E-state index contributed by atoms with van der Waals surface area (Å²) in [6.45, 7) is 2.12. The van der Waals surface area contributed by atoms with Gasteiger partial charge in [-0.2, -0.15) is 0 Å². The molecule has 0 spiro atoms. The summed E-state index contributed by atoms with van der Waals surface area (Å²) >= 11 is 0. The number of rotatable bonds is 5. The van der Waals surface area contributed by atoms with E-state index in [1.807, 2.05) is 0 Å². The maximum absolute atomic E-state index is 13.4. The maximum Gasteiger partial charge on any atom is 0.159 e. The molecule has 2 fully saturated rings. The molecule has 1 aliphatic carbocycles. The van der Waals surface area contributed by atoms with Crippen LogP contribution >= 0.6 is 0 Å². The average molecular weight is 389 g/mol. The van der Waals surface area contributed by atoms with Gasteiger partial charge in [-0.15, -0.1) is 0 Å². The quantitative estimate of drug-likeness (QED) is 0.736. The molecule has 2 aliphatic rings. The highest BCUT2D eigenvalue weighted by molar-refractivity contribution is 5.27. The Morgan fingerprint density at radius 3 is 2.25 bits per heavy atom. The SMILES string of the molecule is Oc1ccc(C(O)CN2C[C@@H]3CC(O)(Cc4ccc(F)c(F)c4)C[C@@H]3C2)cc1. The second-order valence-corrected chi connectivity index (χ2v) is 8.40. The van der Waals surface area contributed by atoms with E-state index < -0.39 is 23.3 Å². The van der Waals surface area contributed by atoms with Gasteiger partial charge in [0.25, 0.3) is 0 Å². The van der Waals surface area contributed by atoms with Gasteiger partial charge in [-0.3, -0.25) is 4.90 Å². The van der Waals surface area contributed by atoms with Gasteiger partial charge in [0.15, 0.2) is 11.6 Å². The van der Waals surface area contributed by atoms with Crippen LogP contribution in [0.1, 0.15) is 30.1 Å². The summed E-state index contributed by atoms with van der Waals surface area (Å²) in [4.78, 5) is 2.21. The molecular formula is C22H25F2NO3. The van der Waals surface area contributed by atoms with Crippen LogP contribution in [0.3, 0.4) is 0 Å². The summed E-state index contributed by atoms with van der Waals surface area (Å²) in [5.74, 6) is -0.910. The molecule has 4 atom stereocenters. The summed E-state index contributed by atoms with van der Waals surface area (Å²) in [6.07, 6.45) is 0.957. The van der Waals surface area contributed by atoms with Gasteiger partial charge in [0, 0.05) is 26.1 Å². The number of likely N-dealkylation sites (tertiary alicyclic amines) is 1. The van der Waals surface area contributed by atoms with E-state index in [4.69, 9.17) is 0 Å². The fraction of sp³-hybridized carbons (Fsp3) is 0.455. The molecule has 3 N–H and O–H groups in total. The Bertz CT molecular complexity index is 828. The van der Waals surface area contributed by atoms with Crippen LogP contribution in [0.4, 0.5) is 8.78 Å². The minimum atomic E-state index is -0.888. The number of aliphatic hydroxyl groups excluding tert-OH is 1. The zero-order valence-electron chi connectivity index (χ0n) is 15.6. The highest BCUT2D eigenvalue weighted by atomic mass is 19.2. The lowest BCUT2D eigenvalue weighted by Crippen LogP contribution is -2.33. The van der Waals surface area contributed by atoms with Crippen LogP contribution in [0.2, 0.25) is 0 Å². The smallest absolute Gasteiger partial charge is 0.159 e. The first-order chi connectivity index (χ1) is 13.3. The van der Waals surface area contributed by atoms with Crippen LogP contribution in [-0.4, -0.2) is 45.5 Å². The number of fused-ring (bicyclic) bond motifs is 1. The Kier molecular flexibility index (Phi) is 5.12. The van der Waals surface area contributed by atoms with Crippen molar-refractivity contribution in [3.8, 4) is 5.75 Å². The van der Waals surface area contributed by atoms with Crippen molar-refractivity contribution < 1.29 is 24.1 Å². The van der Waals surface area contributed by atoms with Crippen molar-refractivity contribution in [2.24, 2.45) is 11.8 Å². The lowest BCUT2D eigenvalue weighted by atomic mass is 9.91. The Labute approximate surface area is 163 Å². The van der Waals surface area contributed by atoms with E-state index in [2.05, 4.69) is 4.90 Å². The number of phenolic OH excluding ortho intramolecular Hbond substituents is 1. The summed E-state index contributed by atoms with van der Waals surface area (Å²) in [5.41, 5.74) is 0.493. The zero-order chi connectivity index (χ0) is 19.9. The summed E-state index contributed by atoms with van der Waals surface area (Å²) in [5, 5.41) is 30.8. The van der Waals surface area contributed by atoms with E-state index in [9.17, 15) is 24.1 Å². The molecule has 2 aromatic carbocycles. The normalized spacial score (nSPS) is 28.4. The van der Waals surface area contributed by atoms with Crippen molar-refractivity contribution >= 4 is 0 Å². The van der Waals surface area contributed by atoms with Crippen molar-refractivity contribution in [3.63, 3.8) is 0 Å². The first-order valence-electron chi connectivity index (χ1n) is 9.67. The number of hydrogen-bond acceptors (Lipinski definition) is 4. The molecule has 4 nitrogen and oxygen atoms in total. The Hall–Kier alpha value is -2.02. The fourth-order valence-corrected chi connectivity index (χ4v) is 4.93. The van der Waals surface area contributed by atoms with Gasteiger partial charge in [-0.25, -0.2) is 8.78 Å². The van der Waals surface area contributed by atoms with Crippen LogP contribution < -0.4 is 0 Å². The van der Waals surface area contributed by atoms with E-state index in [-0.39, 0.29) is 5.75 Å². The molecule has 0 bridgehead atoms. The summed E-state index contributed by atoms with van der Waals surface area (Å²) in [6, 6.07) is 10.4. The lowest BCUT2D eigenvalue weighted by Gasteiger charge is -2.27. The third kappa shape index (κ3) is 4.04. The van der Waals surface area contributed by atoms with Gasteiger partial charge in [-0.1, -0.05) is 18.2 Å². The van der Waals surface area contributed by atoms with Gasteiger partial charge in [0.2, 0.25) is 0 Å². The molecule has 2 unspecified atom stereocenters. The molecule has 4 rings (SSSR count). The number of aliphatic hydroxyl groups is 2. The number of phenols is 1. The molecule has 2 aromatic rings. The molecular weight excluding hydrogens is 364 g/mol. The number of β-amino-alcohol motifs (C(OH)–C–C–N with tert-alkyl or cyclic N) is 1. The van der Waals surface area contributed by atoms with Gasteiger partial charge in [-0.05, 0) is 60.1 Å². The topological polar surface area (TPSA) is 63.9 Å². The molecule has 0 aromatic heterocycles. The van der Waals surface area contributed by atoms with Crippen molar-refractivity contribution in [1.82, 2.24) is 4.90 Å². The van der Waals surface area contributed by atoms with E-state index in [1.165, 1.54) is 12.1 Å². The molecule has 1 heterocycles. The minimum absolute atomic E-state index is 0.173. The first kappa shape index (κ1) is 19.3. The van der Waals surface area contributed by atoms with Crippen molar-refractivity contribution in [3.05, 3.63) is 65.2 Å². The standard InChI is InChI=1S/C22H25F2NO3/c23-19-6-1-14(7-20(19)24)8-22(28)9-16-11-25(12-17(16)10-22)13-21(27)15-2-4-18(26)5-3-15/h1-7,16-17,21,26-28H,8-13H2/t16-,17+,21?,22?. The largest absolute Gasteiger partial charge is 0.508 e. The van der Waals surface area contributed by atoms with Crippen LogP contribution in [0.25, 0.3) is 0 Å². The van der Waals surface area contributed by atoms with Crippen LogP contribution in [0.5, 0.6) is 5.75 Å². The summed E-state index contributed by atoms with van der Waals surface area (Å²) in [7, 11) is 0. The Morgan fingerprint density at radius 1 is 1.00 bits per heavy atom. The van der Waals surface area contributed by atoms with E-state index >= 15 is 0 Å². The van der Waals surface area contributed by atoms with Gasteiger partial charge >= 0.3 is 0 Å². The Morgan fingerprint density at radius 2 is 1.64 bits per heavy atom. The molecule has 150 valence electrons. The molecule has 0 amide bonds. The van der Waals surface area contributed by atoms with E-state index in [1.54, 1.807) is 24.3 Å². The van der Waals surface area contributed by atoms with Crippen LogP contribution in [0.15, 0.2) is 42.5 Å².